The molecule has 2 unspecified atom stereocenters. The molecule has 4 amide bonds. The zero-order chi connectivity index (χ0) is 46.7. The van der Waals surface area contributed by atoms with Gasteiger partial charge in [0.15, 0.2) is 5.78 Å². The Hall–Kier alpha value is -7.07. The van der Waals surface area contributed by atoms with Gasteiger partial charge in [-0.1, -0.05) is 66.7 Å². The van der Waals surface area contributed by atoms with E-state index in [1.165, 1.54) is 12.1 Å². The van der Waals surface area contributed by atoms with E-state index in [0.29, 0.717) is 83.5 Å². The number of halogens is 3. The van der Waals surface area contributed by atoms with Gasteiger partial charge < -0.3 is 25.0 Å². The van der Waals surface area contributed by atoms with E-state index in [4.69, 9.17) is 0 Å². The van der Waals surface area contributed by atoms with Gasteiger partial charge in [-0.2, -0.15) is 18.3 Å². The largest absolute Gasteiger partial charge is 0.416 e. The number of hydrogen-bond acceptors (Lipinski definition) is 8. The number of carbonyl (C=O) groups excluding carboxylic acids is 5. The van der Waals surface area contributed by atoms with E-state index >= 15 is 0 Å². The summed E-state index contributed by atoms with van der Waals surface area (Å²) >= 11 is 0. The van der Waals surface area contributed by atoms with E-state index in [2.05, 4.69) is 25.6 Å². The molecule has 9 rings (SSSR count). The quantitative estimate of drug-likeness (QED) is 0.0836. The molecule has 67 heavy (non-hydrogen) atoms. The van der Waals surface area contributed by atoms with Gasteiger partial charge in [-0.25, -0.2) is 0 Å². The molecule has 0 spiro atoms. The molecule has 0 aliphatic carbocycles. The average Bonchev–Trinajstić information content (AvgIpc) is 4.00. The van der Waals surface area contributed by atoms with Crippen molar-refractivity contribution in [3.63, 3.8) is 0 Å². The number of piperidine rings is 2. The number of fused-ring (bicyclic) bond motifs is 1. The highest BCUT2D eigenvalue weighted by Crippen LogP contribution is 2.32. The Morgan fingerprint density at radius 3 is 2.24 bits per heavy atom. The Kier molecular flexibility index (Phi) is 13.1. The molecule has 3 fully saturated rings. The van der Waals surface area contributed by atoms with Crippen LogP contribution in [-0.4, -0.2) is 99.8 Å². The van der Waals surface area contributed by atoms with Gasteiger partial charge in [0.25, 0.3) is 0 Å². The van der Waals surface area contributed by atoms with E-state index in [0.717, 1.165) is 56.5 Å². The van der Waals surface area contributed by atoms with Crippen LogP contribution < -0.4 is 15.5 Å². The van der Waals surface area contributed by atoms with Gasteiger partial charge in [-0.15, -0.1) is 0 Å². The summed E-state index contributed by atoms with van der Waals surface area (Å²) < 4.78 is 40.8. The van der Waals surface area contributed by atoms with Crippen molar-refractivity contribution in [1.82, 2.24) is 35.2 Å². The Balaban J connectivity index is 0.754. The average molecular weight is 913 g/mol. The van der Waals surface area contributed by atoms with Crippen molar-refractivity contribution in [2.75, 3.05) is 50.7 Å². The number of alkyl halides is 3. The fraction of sp³-hybridized carbons (Fsp3) is 0.333. The number of imide groups is 1. The Labute approximate surface area is 385 Å². The van der Waals surface area contributed by atoms with Crippen LogP contribution in [0.1, 0.15) is 70.3 Å². The lowest BCUT2D eigenvalue weighted by molar-refractivity contribution is -0.141. The molecule has 346 valence electrons. The van der Waals surface area contributed by atoms with Crippen molar-refractivity contribution in [3.05, 3.63) is 143 Å². The van der Waals surface area contributed by atoms with E-state index < -0.39 is 17.8 Å². The molecule has 0 bridgehead atoms. The summed E-state index contributed by atoms with van der Waals surface area (Å²) in [5.74, 6) is -1.02. The maximum Gasteiger partial charge on any atom is 0.416 e. The van der Waals surface area contributed by atoms with Crippen molar-refractivity contribution in [3.8, 4) is 11.1 Å². The number of carbonyl (C=O) groups is 5. The summed E-state index contributed by atoms with van der Waals surface area (Å²) in [6.45, 7) is 4.02. The zero-order valence-electron chi connectivity index (χ0n) is 36.8. The maximum absolute atomic E-state index is 14.2. The molecule has 0 saturated carbocycles. The van der Waals surface area contributed by atoms with Crippen LogP contribution in [0.25, 0.3) is 22.0 Å². The molecule has 4 aromatic carbocycles. The molecule has 16 heteroatoms. The molecule has 3 aliphatic rings. The van der Waals surface area contributed by atoms with Crippen LogP contribution in [-0.2, 0) is 38.3 Å². The second kappa shape index (κ2) is 19.4. The van der Waals surface area contributed by atoms with Crippen molar-refractivity contribution in [2.24, 2.45) is 5.92 Å². The van der Waals surface area contributed by atoms with Crippen LogP contribution in [0.2, 0.25) is 0 Å². The third-order valence-corrected chi connectivity index (χ3v) is 13.3. The minimum absolute atomic E-state index is 0.0607. The summed E-state index contributed by atoms with van der Waals surface area (Å²) in [6.07, 6.45) is 3.29. The van der Waals surface area contributed by atoms with E-state index in [9.17, 15) is 37.1 Å². The van der Waals surface area contributed by atoms with E-state index in [1.54, 1.807) is 22.0 Å². The number of H-pyrrole nitrogens is 1. The lowest BCUT2D eigenvalue weighted by Gasteiger charge is -2.39. The Morgan fingerprint density at radius 1 is 0.806 bits per heavy atom. The number of anilines is 1. The normalized spacial score (nSPS) is 17.7. The third kappa shape index (κ3) is 10.2. The lowest BCUT2D eigenvalue weighted by atomic mass is 9.90. The standard InChI is InChI=1S/C51H51F3N8O5/c52-51(53,54)39-11-6-33(7-12-39)18-21-55-47(35-4-2-1-3-5-35)48(65)43-30-56-44-28-37(10-15-42(43)44)38-29-57-62(31-38)32-46(64)60-22-19-36(20-23-60)50(67)61-26-24-59(25-27-61)40-13-8-34(9-14-40)41-16-17-45(63)58-49(41)66/h1-15,28-31,36,41,47,55-56H,16-27,32H2,(H,58,63,66). The highest BCUT2D eigenvalue weighted by molar-refractivity contribution is 6.11. The summed E-state index contributed by atoms with van der Waals surface area (Å²) in [4.78, 5) is 74.2. The van der Waals surface area contributed by atoms with Crippen molar-refractivity contribution >= 4 is 46.0 Å². The predicted octanol–water partition coefficient (Wildman–Crippen LogP) is 6.91. The third-order valence-electron chi connectivity index (χ3n) is 13.3. The number of hydrogen-bond donors (Lipinski definition) is 3. The van der Waals surface area contributed by atoms with Gasteiger partial charge in [-0.3, -0.25) is 34.0 Å². The SMILES string of the molecule is O=C1CCC(c2ccc(N3CCN(C(=O)C4CCN(C(=O)Cn5cc(-c6ccc7c(C(=O)C(NCCc8ccc(C(F)(F)F)cc8)c8ccccc8)c[nH]c7c6)cn5)CC4)CC3)cc2)C(=O)N1. The Morgan fingerprint density at radius 2 is 1.54 bits per heavy atom. The number of nitrogens with one attached hydrogen (secondary N) is 3. The molecule has 2 atom stereocenters. The first kappa shape index (κ1) is 45.1. The second-order valence-electron chi connectivity index (χ2n) is 17.6. The monoisotopic (exact) mass is 912 g/mol. The van der Waals surface area contributed by atoms with Crippen molar-refractivity contribution in [2.45, 2.75) is 56.8 Å². The van der Waals surface area contributed by atoms with Gasteiger partial charge in [0.1, 0.15) is 6.54 Å². The number of likely N-dealkylation sites (tertiary alicyclic amines) is 1. The summed E-state index contributed by atoms with van der Waals surface area (Å²) in [7, 11) is 0. The molecular formula is C51H51F3N8O5. The topological polar surface area (TPSA) is 153 Å². The number of nitrogens with zero attached hydrogens (tertiary/aromatic N) is 5. The highest BCUT2D eigenvalue weighted by atomic mass is 19.4. The molecule has 3 aliphatic heterocycles. The predicted molar refractivity (Wildman–Crippen MR) is 246 cm³/mol. The minimum Gasteiger partial charge on any atom is -0.368 e. The molecule has 6 aromatic rings. The number of Topliss-reactive ketones (excluding diaryl/α,β-unsaturated/α-hetero) is 1. The number of amides is 4. The molecule has 5 heterocycles. The van der Waals surface area contributed by atoms with Crippen LogP contribution in [0.3, 0.4) is 0 Å². The Bertz CT molecular complexity index is 2750. The van der Waals surface area contributed by atoms with Crippen LogP contribution in [0.15, 0.2) is 116 Å². The van der Waals surface area contributed by atoms with Gasteiger partial charge >= 0.3 is 6.18 Å². The first-order valence-corrected chi connectivity index (χ1v) is 22.8. The highest BCUT2D eigenvalue weighted by Gasteiger charge is 2.33. The smallest absolute Gasteiger partial charge is 0.368 e. The molecule has 13 nitrogen and oxygen atoms in total. The summed E-state index contributed by atoms with van der Waals surface area (Å²) in [6, 6.07) is 27.3. The molecule has 2 aromatic heterocycles. The summed E-state index contributed by atoms with van der Waals surface area (Å²) in [5.41, 5.74) is 5.61. The van der Waals surface area contributed by atoms with Gasteiger partial charge in [0.2, 0.25) is 23.6 Å². The van der Waals surface area contributed by atoms with Gasteiger partial charge in [-0.05, 0) is 78.3 Å². The molecule has 3 saturated heterocycles. The van der Waals surface area contributed by atoms with Crippen LogP contribution in [0.5, 0.6) is 0 Å². The summed E-state index contributed by atoms with van der Waals surface area (Å²) in [5, 5.41) is 11.0. The maximum atomic E-state index is 14.2. The first-order valence-electron chi connectivity index (χ1n) is 22.8. The van der Waals surface area contributed by atoms with Crippen LogP contribution in [0, 0.1) is 5.92 Å². The van der Waals surface area contributed by atoms with Crippen LogP contribution in [0.4, 0.5) is 18.9 Å². The molecular weight excluding hydrogens is 862 g/mol. The first-order chi connectivity index (χ1) is 32.4. The van der Waals surface area contributed by atoms with Gasteiger partial charge in [0, 0.05) is 98.3 Å². The second-order valence-corrected chi connectivity index (χ2v) is 17.6. The van der Waals surface area contributed by atoms with Gasteiger partial charge in [0.05, 0.1) is 23.7 Å². The fourth-order valence-electron chi connectivity index (χ4n) is 9.48. The fourth-order valence-corrected chi connectivity index (χ4v) is 9.48. The number of benzene rings is 4. The lowest BCUT2D eigenvalue weighted by Crippen LogP contribution is -2.52. The van der Waals surface area contributed by atoms with Crippen molar-refractivity contribution < 1.29 is 37.1 Å². The van der Waals surface area contributed by atoms with E-state index in [1.807, 2.05) is 83.9 Å². The molecule has 0 radical (unpaired) electrons. The zero-order valence-corrected chi connectivity index (χ0v) is 36.8. The number of aromatic amines is 1. The number of aromatic nitrogens is 3. The number of piperazine rings is 1. The van der Waals surface area contributed by atoms with E-state index in [-0.39, 0.29) is 47.8 Å². The van der Waals surface area contributed by atoms with Crippen LogP contribution >= 0.6 is 0 Å². The number of rotatable bonds is 13. The molecule has 3 N–H and O–H groups in total. The minimum atomic E-state index is -4.40. The van der Waals surface area contributed by atoms with Crippen molar-refractivity contribution in [1.29, 1.82) is 0 Å². The number of ketones is 1.